The van der Waals surface area contributed by atoms with Gasteiger partial charge in [0, 0.05) is 27.5 Å². The number of carbonyl (C=O) groups excluding carboxylic acids is 1. The number of nitrogens with two attached hydrogens (primary N) is 1. The van der Waals surface area contributed by atoms with Crippen molar-refractivity contribution in [2.75, 3.05) is 6.26 Å². The molecule has 0 spiro atoms. The molecule has 0 bridgehead atoms. The van der Waals surface area contributed by atoms with E-state index in [1.165, 1.54) is 12.1 Å². The van der Waals surface area contributed by atoms with Crippen LogP contribution in [0, 0.1) is 5.82 Å². The molecule has 0 radical (unpaired) electrons. The molecule has 1 aromatic heterocycles. The van der Waals surface area contributed by atoms with Crippen molar-refractivity contribution in [3.8, 4) is 11.3 Å². The number of fused-ring (bicyclic) bond motifs is 1. The predicted octanol–water partition coefficient (Wildman–Crippen LogP) is 4.92. The molecule has 2 aromatic carbocycles. The van der Waals surface area contributed by atoms with Crippen molar-refractivity contribution in [3.63, 3.8) is 0 Å². The quantitative estimate of drug-likeness (QED) is 0.674. The molecule has 6 heteroatoms. The number of pyridine rings is 1. The molecule has 0 saturated heterocycles. The van der Waals surface area contributed by atoms with E-state index in [1.807, 2.05) is 36.6 Å². The Morgan fingerprint density at radius 3 is 2.72 bits per heavy atom. The van der Waals surface area contributed by atoms with E-state index in [1.54, 1.807) is 24.8 Å². The molecule has 1 heterocycles. The van der Waals surface area contributed by atoms with E-state index < -0.39 is 12.2 Å². The fourth-order valence-corrected chi connectivity index (χ4v) is 3.36. The van der Waals surface area contributed by atoms with E-state index in [9.17, 15) is 9.18 Å². The van der Waals surface area contributed by atoms with Crippen LogP contribution in [0.25, 0.3) is 22.2 Å². The van der Waals surface area contributed by atoms with Crippen LogP contribution in [0.1, 0.15) is 18.6 Å². The maximum atomic E-state index is 13.6. The molecule has 0 aliphatic rings. The number of amides is 1. The molecule has 128 valence electrons. The lowest BCUT2D eigenvalue weighted by Gasteiger charge is -2.18. The maximum Gasteiger partial charge on any atom is 0.405 e. The zero-order chi connectivity index (χ0) is 18.0. The summed E-state index contributed by atoms with van der Waals surface area (Å²) in [4.78, 5) is 16.9. The van der Waals surface area contributed by atoms with E-state index >= 15 is 0 Å². The van der Waals surface area contributed by atoms with Gasteiger partial charge in [-0.25, -0.2) is 14.2 Å². The molecule has 4 nitrogen and oxygen atoms in total. The Morgan fingerprint density at radius 1 is 1.24 bits per heavy atom. The molecule has 25 heavy (non-hydrogen) atoms. The first-order valence-corrected chi connectivity index (χ1v) is 8.91. The van der Waals surface area contributed by atoms with Crippen LogP contribution in [-0.2, 0) is 4.74 Å². The van der Waals surface area contributed by atoms with E-state index in [4.69, 9.17) is 10.5 Å². The monoisotopic (exact) mass is 356 g/mol. The lowest BCUT2D eigenvalue weighted by molar-refractivity contribution is 0.117. The third-order valence-corrected chi connectivity index (χ3v) is 4.70. The third-order valence-electron chi connectivity index (χ3n) is 3.90. The van der Waals surface area contributed by atoms with Gasteiger partial charge in [0.25, 0.3) is 0 Å². The van der Waals surface area contributed by atoms with Crippen molar-refractivity contribution in [3.05, 3.63) is 59.9 Å². The van der Waals surface area contributed by atoms with Gasteiger partial charge >= 0.3 is 6.09 Å². The van der Waals surface area contributed by atoms with Gasteiger partial charge in [0.05, 0.1) is 11.2 Å². The highest BCUT2D eigenvalue weighted by Crippen LogP contribution is 2.36. The number of aromatic nitrogens is 1. The first-order chi connectivity index (χ1) is 12.0. The predicted molar refractivity (Wildman–Crippen MR) is 98.0 cm³/mol. The Hall–Kier alpha value is -2.60. The summed E-state index contributed by atoms with van der Waals surface area (Å²) in [7, 11) is 0. The van der Waals surface area contributed by atoms with E-state index in [-0.39, 0.29) is 5.82 Å². The van der Waals surface area contributed by atoms with Crippen LogP contribution in [0.3, 0.4) is 0 Å². The molecular weight excluding hydrogens is 339 g/mol. The standard InChI is InChI=1S/C19H17FN2O2S/c1-11(24-19(21)23)15-9-12-7-8-13(20)10-16(12)22-18(15)14-5-3-4-6-17(14)25-2/h3-11H,1-2H3,(H2,21,23). The second kappa shape index (κ2) is 7.11. The number of halogens is 1. The summed E-state index contributed by atoms with van der Waals surface area (Å²) in [6.45, 7) is 1.74. The van der Waals surface area contributed by atoms with Gasteiger partial charge in [0.15, 0.2) is 0 Å². The SMILES string of the molecule is CSc1ccccc1-c1nc2cc(F)ccc2cc1C(C)OC(N)=O. The third kappa shape index (κ3) is 3.58. The van der Waals surface area contributed by atoms with E-state index in [0.29, 0.717) is 11.2 Å². The molecule has 1 unspecified atom stereocenters. The van der Waals surface area contributed by atoms with Gasteiger partial charge in [0.1, 0.15) is 11.9 Å². The van der Waals surface area contributed by atoms with E-state index in [2.05, 4.69) is 4.98 Å². The maximum absolute atomic E-state index is 13.6. The molecular formula is C19H17FN2O2S. The summed E-state index contributed by atoms with van der Waals surface area (Å²) >= 11 is 1.59. The Balaban J connectivity index is 2.27. The Labute approximate surface area is 149 Å². The van der Waals surface area contributed by atoms with Crippen molar-refractivity contribution in [1.82, 2.24) is 4.98 Å². The lowest BCUT2D eigenvalue weighted by atomic mass is 10.00. The topological polar surface area (TPSA) is 65.2 Å². The summed E-state index contributed by atoms with van der Waals surface area (Å²) < 4.78 is 18.8. The summed E-state index contributed by atoms with van der Waals surface area (Å²) in [6, 6.07) is 14.1. The minimum atomic E-state index is -0.851. The molecule has 0 aliphatic heterocycles. The number of hydrogen-bond donors (Lipinski definition) is 1. The van der Waals surface area contributed by atoms with Crippen molar-refractivity contribution < 1.29 is 13.9 Å². The van der Waals surface area contributed by atoms with Crippen molar-refractivity contribution in [2.24, 2.45) is 5.73 Å². The molecule has 0 fully saturated rings. The van der Waals surface area contributed by atoms with Gasteiger partial charge in [-0.05, 0) is 37.4 Å². The smallest absolute Gasteiger partial charge is 0.405 e. The van der Waals surface area contributed by atoms with Crippen LogP contribution < -0.4 is 5.73 Å². The highest BCUT2D eigenvalue weighted by molar-refractivity contribution is 7.98. The molecule has 0 aliphatic carbocycles. The lowest BCUT2D eigenvalue weighted by Crippen LogP contribution is -2.16. The fourth-order valence-electron chi connectivity index (χ4n) is 2.76. The van der Waals surface area contributed by atoms with Gasteiger partial charge in [-0.1, -0.05) is 18.2 Å². The van der Waals surface area contributed by atoms with Crippen LogP contribution in [0.2, 0.25) is 0 Å². The Morgan fingerprint density at radius 2 is 2.00 bits per heavy atom. The molecule has 0 saturated carbocycles. The van der Waals surface area contributed by atoms with Crippen LogP contribution >= 0.6 is 11.8 Å². The highest BCUT2D eigenvalue weighted by Gasteiger charge is 2.19. The summed E-state index contributed by atoms with van der Waals surface area (Å²) in [5.41, 5.74) is 7.99. The van der Waals surface area contributed by atoms with Crippen LogP contribution in [0.15, 0.2) is 53.4 Å². The first kappa shape index (κ1) is 17.2. The minimum absolute atomic E-state index is 0.349. The molecule has 3 rings (SSSR count). The minimum Gasteiger partial charge on any atom is -0.442 e. The summed E-state index contributed by atoms with van der Waals surface area (Å²) in [6.07, 6.45) is 0.544. The van der Waals surface area contributed by atoms with Crippen molar-refractivity contribution in [2.45, 2.75) is 17.9 Å². The zero-order valence-electron chi connectivity index (χ0n) is 13.8. The van der Waals surface area contributed by atoms with Gasteiger partial charge < -0.3 is 10.5 Å². The number of primary amides is 1. The van der Waals surface area contributed by atoms with Gasteiger partial charge in [-0.15, -0.1) is 11.8 Å². The molecule has 1 atom stereocenters. The molecule has 1 amide bonds. The average Bonchev–Trinajstić information content (AvgIpc) is 2.59. The summed E-state index contributed by atoms with van der Waals surface area (Å²) in [5.74, 6) is -0.349. The number of carbonyl (C=O) groups is 1. The van der Waals surface area contributed by atoms with Crippen LogP contribution in [0.5, 0.6) is 0 Å². The number of nitrogens with zero attached hydrogens (tertiary/aromatic N) is 1. The van der Waals surface area contributed by atoms with Gasteiger partial charge in [-0.2, -0.15) is 0 Å². The largest absolute Gasteiger partial charge is 0.442 e. The van der Waals surface area contributed by atoms with Crippen LogP contribution in [-0.4, -0.2) is 17.3 Å². The summed E-state index contributed by atoms with van der Waals surface area (Å²) in [5, 5.41) is 0.765. The van der Waals surface area contributed by atoms with Crippen molar-refractivity contribution in [1.29, 1.82) is 0 Å². The normalized spacial score (nSPS) is 12.1. The highest BCUT2D eigenvalue weighted by atomic mass is 32.2. The van der Waals surface area contributed by atoms with E-state index in [0.717, 1.165) is 21.4 Å². The van der Waals surface area contributed by atoms with Crippen LogP contribution in [0.4, 0.5) is 9.18 Å². The number of hydrogen-bond acceptors (Lipinski definition) is 4. The molecule has 3 aromatic rings. The van der Waals surface area contributed by atoms with Crippen molar-refractivity contribution >= 4 is 28.8 Å². The number of thioether (sulfide) groups is 1. The average molecular weight is 356 g/mol. The second-order valence-electron chi connectivity index (χ2n) is 5.54. The Bertz CT molecular complexity index is 946. The number of ether oxygens (including phenoxy) is 1. The van der Waals surface area contributed by atoms with Gasteiger partial charge in [-0.3, -0.25) is 0 Å². The zero-order valence-corrected chi connectivity index (χ0v) is 14.6. The molecule has 2 N–H and O–H groups in total. The second-order valence-corrected chi connectivity index (χ2v) is 6.39. The fraction of sp³-hybridized carbons (Fsp3) is 0.158. The first-order valence-electron chi connectivity index (χ1n) is 7.69. The number of rotatable bonds is 4. The van der Waals surface area contributed by atoms with Gasteiger partial charge in [0.2, 0.25) is 0 Å². The number of benzene rings is 2. The Kier molecular flexibility index (Phi) is 4.90.